The second-order valence-electron chi connectivity index (χ2n) is 3.42. The molecule has 0 fully saturated rings. The lowest BCUT2D eigenvalue weighted by Crippen LogP contribution is -2.04. The molecule has 1 heterocycles. The average molecular weight is 297 g/mol. The summed E-state index contributed by atoms with van der Waals surface area (Å²) in [7, 11) is 0. The van der Waals surface area contributed by atoms with Crippen LogP contribution in [0.5, 0.6) is 0 Å². The molecule has 17 heavy (non-hydrogen) atoms. The van der Waals surface area contributed by atoms with E-state index in [1.165, 1.54) is 12.4 Å². The van der Waals surface area contributed by atoms with Crippen molar-refractivity contribution < 1.29 is 4.39 Å². The van der Waals surface area contributed by atoms with Crippen molar-refractivity contribution in [2.24, 2.45) is 0 Å². The molecular formula is C11H10BrFN4. The Balaban J connectivity index is 2.09. The van der Waals surface area contributed by atoms with Gasteiger partial charge in [0.15, 0.2) is 0 Å². The van der Waals surface area contributed by atoms with Crippen LogP contribution < -0.4 is 11.1 Å². The van der Waals surface area contributed by atoms with Gasteiger partial charge in [0.2, 0.25) is 0 Å². The molecule has 4 nitrogen and oxygen atoms in total. The molecule has 0 aliphatic rings. The molecule has 0 saturated carbocycles. The third-order valence-electron chi connectivity index (χ3n) is 2.16. The molecule has 0 aliphatic carbocycles. The van der Waals surface area contributed by atoms with Crippen LogP contribution in [0, 0.1) is 5.82 Å². The van der Waals surface area contributed by atoms with E-state index in [1.807, 2.05) is 0 Å². The van der Waals surface area contributed by atoms with Gasteiger partial charge in [-0.2, -0.15) is 0 Å². The molecule has 6 heteroatoms. The van der Waals surface area contributed by atoms with Crippen molar-refractivity contribution >= 4 is 27.6 Å². The van der Waals surface area contributed by atoms with Crippen LogP contribution in [0.2, 0.25) is 0 Å². The van der Waals surface area contributed by atoms with Gasteiger partial charge >= 0.3 is 0 Å². The Kier molecular flexibility index (Phi) is 3.53. The van der Waals surface area contributed by atoms with Crippen molar-refractivity contribution in [1.82, 2.24) is 9.97 Å². The molecule has 0 unspecified atom stereocenters. The smallest absolute Gasteiger partial charge is 0.131 e. The van der Waals surface area contributed by atoms with Gasteiger partial charge in [0.25, 0.3) is 0 Å². The maximum absolute atomic E-state index is 13.4. The number of hydrogen-bond acceptors (Lipinski definition) is 4. The van der Waals surface area contributed by atoms with E-state index in [1.54, 1.807) is 18.2 Å². The fourth-order valence-electron chi connectivity index (χ4n) is 1.33. The number of anilines is 2. The van der Waals surface area contributed by atoms with Gasteiger partial charge in [-0.1, -0.05) is 15.9 Å². The average Bonchev–Trinajstić information content (AvgIpc) is 2.30. The van der Waals surface area contributed by atoms with E-state index in [2.05, 4.69) is 31.2 Å². The van der Waals surface area contributed by atoms with E-state index in [0.717, 1.165) is 4.47 Å². The number of hydrogen-bond donors (Lipinski definition) is 2. The zero-order valence-corrected chi connectivity index (χ0v) is 10.4. The number of nitrogens with zero attached hydrogens (tertiary/aromatic N) is 2. The fourth-order valence-corrected chi connectivity index (χ4v) is 1.74. The molecule has 0 spiro atoms. The lowest BCUT2D eigenvalue weighted by atomic mass is 10.2. The number of rotatable bonds is 3. The van der Waals surface area contributed by atoms with Crippen LogP contribution in [-0.2, 0) is 6.54 Å². The normalized spacial score (nSPS) is 10.2. The van der Waals surface area contributed by atoms with Crippen molar-refractivity contribution in [3.05, 3.63) is 46.4 Å². The van der Waals surface area contributed by atoms with E-state index >= 15 is 0 Å². The summed E-state index contributed by atoms with van der Waals surface area (Å²) in [5.74, 6) is 0.678. The molecule has 0 bridgehead atoms. The molecule has 0 amide bonds. The van der Waals surface area contributed by atoms with Crippen LogP contribution in [0.15, 0.2) is 35.1 Å². The number of nitrogens with two attached hydrogens (primary N) is 1. The lowest BCUT2D eigenvalue weighted by Gasteiger charge is -2.07. The zero-order valence-electron chi connectivity index (χ0n) is 8.82. The minimum absolute atomic E-state index is 0.261. The first-order valence-corrected chi connectivity index (χ1v) is 5.70. The third kappa shape index (κ3) is 3.13. The van der Waals surface area contributed by atoms with Gasteiger partial charge in [-0.05, 0) is 18.2 Å². The van der Waals surface area contributed by atoms with E-state index in [4.69, 9.17) is 5.73 Å². The summed E-state index contributed by atoms with van der Waals surface area (Å²) in [6.45, 7) is 0.335. The maximum Gasteiger partial charge on any atom is 0.131 e. The Morgan fingerprint density at radius 1 is 1.29 bits per heavy atom. The summed E-state index contributed by atoms with van der Waals surface area (Å²) in [5.41, 5.74) is 6.06. The van der Waals surface area contributed by atoms with Gasteiger partial charge in [0.05, 0.1) is 0 Å². The van der Waals surface area contributed by atoms with Crippen LogP contribution in [-0.4, -0.2) is 9.97 Å². The zero-order chi connectivity index (χ0) is 12.3. The highest BCUT2D eigenvalue weighted by Crippen LogP contribution is 2.16. The van der Waals surface area contributed by atoms with Gasteiger partial charge in [0, 0.05) is 22.6 Å². The fraction of sp³-hybridized carbons (Fsp3) is 0.0909. The molecule has 2 aromatic rings. The summed E-state index contributed by atoms with van der Waals surface area (Å²) in [4.78, 5) is 7.74. The topological polar surface area (TPSA) is 63.8 Å². The van der Waals surface area contributed by atoms with E-state index < -0.39 is 0 Å². The molecule has 88 valence electrons. The molecule has 1 aromatic carbocycles. The highest BCUT2D eigenvalue weighted by Gasteiger charge is 2.03. The quantitative estimate of drug-likeness (QED) is 0.914. The summed E-state index contributed by atoms with van der Waals surface area (Å²) in [6.07, 6.45) is 1.36. The second kappa shape index (κ2) is 5.09. The van der Waals surface area contributed by atoms with E-state index in [-0.39, 0.29) is 5.82 Å². The standard InChI is InChI=1S/C11H10BrFN4/c12-8-1-2-9(13)7(3-8)5-15-11-4-10(14)16-6-17-11/h1-4,6H,5H2,(H3,14,15,16,17). The Labute approximate surface area is 106 Å². The minimum atomic E-state index is -0.261. The largest absolute Gasteiger partial charge is 0.384 e. The predicted molar refractivity (Wildman–Crippen MR) is 67.9 cm³/mol. The van der Waals surface area contributed by atoms with Gasteiger partial charge in [-0.15, -0.1) is 0 Å². The summed E-state index contributed by atoms with van der Waals surface area (Å²) in [5, 5.41) is 2.98. The first-order chi connectivity index (χ1) is 8.15. The molecule has 0 radical (unpaired) electrons. The number of nitrogen functional groups attached to an aromatic ring is 1. The summed E-state index contributed by atoms with van der Waals surface area (Å²) in [6, 6.07) is 6.37. The van der Waals surface area contributed by atoms with Gasteiger partial charge < -0.3 is 11.1 Å². The van der Waals surface area contributed by atoms with Crippen molar-refractivity contribution in [1.29, 1.82) is 0 Å². The predicted octanol–water partition coefficient (Wildman–Crippen LogP) is 2.57. The van der Waals surface area contributed by atoms with Crippen molar-refractivity contribution in [3.8, 4) is 0 Å². The molecule has 2 rings (SSSR count). The lowest BCUT2D eigenvalue weighted by molar-refractivity contribution is 0.612. The van der Waals surface area contributed by atoms with Crippen LogP contribution in [0.25, 0.3) is 0 Å². The minimum Gasteiger partial charge on any atom is -0.384 e. The molecule has 0 atom stereocenters. The Hall–Kier alpha value is -1.69. The summed E-state index contributed by atoms with van der Waals surface area (Å²) < 4.78 is 14.3. The maximum atomic E-state index is 13.4. The van der Waals surface area contributed by atoms with Gasteiger partial charge in [-0.3, -0.25) is 0 Å². The first kappa shape index (κ1) is 11.8. The van der Waals surface area contributed by atoms with Crippen LogP contribution in [0.3, 0.4) is 0 Å². The van der Waals surface area contributed by atoms with E-state index in [0.29, 0.717) is 23.7 Å². The number of benzene rings is 1. The highest BCUT2D eigenvalue weighted by molar-refractivity contribution is 9.10. The highest BCUT2D eigenvalue weighted by atomic mass is 79.9. The number of nitrogens with one attached hydrogen (secondary N) is 1. The van der Waals surface area contributed by atoms with Crippen LogP contribution in [0.4, 0.5) is 16.0 Å². The SMILES string of the molecule is Nc1cc(NCc2cc(Br)ccc2F)ncn1. The van der Waals surface area contributed by atoms with Crippen LogP contribution in [0.1, 0.15) is 5.56 Å². The Morgan fingerprint density at radius 2 is 2.12 bits per heavy atom. The molecule has 0 aliphatic heterocycles. The van der Waals surface area contributed by atoms with Gasteiger partial charge in [-0.25, -0.2) is 14.4 Å². The number of halogens is 2. The van der Waals surface area contributed by atoms with Crippen molar-refractivity contribution in [3.63, 3.8) is 0 Å². The molecule has 3 N–H and O–H groups in total. The van der Waals surface area contributed by atoms with E-state index in [9.17, 15) is 4.39 Å². The number of aromatic nitrogens is 2. The first-order valence-electron chi connectivity index (χ1n) is 4.90. The Bertz CT molecular complexity index is 533. The molecule has 0 saturated heterocycles. The summed E-state index contributed by atoms with van der Waals surface area (Å²) >= 11 is 3.29. The second-order valence-corrected chi connectivity index (χ2v) is 4.33. The molecular weight excluding hydrogens is 287 g/mol. The monoisotopic (exact) mass is 296 g/mol. The Morgan fingerprint density at radius 3 is 2.88 bits per heavy atom. The van der Waals surface area contributed by atoms with Crippen molar-refractivity contribution in [2.45, 2.75) is 6.54 Å². The van der Waals surface area contributed by atoms with Gasteiger partial charge in [0.1, 0.15) is 23.8 Å². The van der Waals surface area contributed by atoms with Crippen molar-refractivity contribution in [2.75, 3.05) is 11.1 Å². The molecule has 1 aromatic heterocycles. The third-order valence-corrected chi connectivity index (χ3v) is 2.65. The van der Waals surface area contributed by atoms with Crippen LogP contribution >= 0.6 is 15.9 Å².